The lowest BCUT2D eigenvalue weighted by Gasteiger charge is -2.26. The molecule has 2 aromatic carbocycles. The number of rotatable bonds is 17. The molecule has 0 bridgehead atoms. The molecule has 0 heterocycles. The minimum absolute atomic E-state index is 0.000987. The molecule has 0 radical (unpaired) electrons. The molecule has 3 amide bonds. The molecular weight excluding hydrogens is 526 g/mol. The molecule has 0 fully saturated rings. The van der Waals surface area contributed by atoms with Crippen LogP contribution < -0.4 is 27.4 Å². The van der Waals surface area contributed by atoms with Gasteiger partial charge in [-0.3, -0.25) is 14.4 Å². The van der Waals surface area contributed by atoms with Gasteiger partial charge in [0.15, 0.2) is 0 Å². The van der Waals surface area contributed by atoms with Gasteiger partial charge in [-0.25, -0.2) is 4.79 Å². The van der Waals surface area contributed by atoms with Crippen LogP contribution in [0.15, 0.2) is 54.6 Å². The van der Waals surface area contributed by atoms with E-state index in [-0.39, 0.29) is 30.9 Å². The Morgan fingerprint density at radius 1 is 0.756 bits per heavy atom. The monoisotopic (exact) mass is 569 g/mol. The van der Waals surface area contributed by atoms with Crippen molar-refractivity contribution in [1.29, 1.82) is 0 Å². The maximum absolute atomic E-state index is 13.6. The summed E-state index contributed by atoms with van der Waals surface area (Å²) in [6, 6.07) is 11.0. The number of hydrogen-bond acceptors (Lipinski definition) is 7. The van der Waals surface area contributed by atoms with E-state index in [9.17, 15) is 29.4 Å². The van der Waals surface area contributed by atoms with Gasteiger partial charge in [0.25, 0.3) is 0 Å². The smallest absolute Gasteiger partial charge is 0.326 e. The van der Waals surface area contributed by atoms with Crippen LogP contribution in [-0.2, 0) is 32.0 Å². The maximum Gasteiger partial charge on any atom is 0.326 e. The van der Waals surface area contributed by atoms with Crippen molar-refractivity contribution in [3.8, 4) is 5.75 Å². The third kappa shape index (κ3) is 12.0. The second-order valence-electron chi connectivity index (χ2n) is 10.6. The van der Waals surface area contributed by atoms with Gasteiger partial charge in [0, 0.05) is 12.8 Å². The molecule has 2 rings (SSSR count). The van der Waals surface area contributed by atoms with E-state index in [4.69, 9.17) is 11.5 Å². The summed E-state index contributed by atoms with van der Waals surface area (Å²) < 4.78 is 0. The van der Waals surface area contributed by atoms with Crippen LogP contribution in [0.3, 0.4) is 0 Å². The lowest BCUT2D eigenvalue weighted by Crippen LogP contribution is -2.58. The molecule has 4 atom stereocenters. The topological polar surface area (TPSA) is 197 Å². The first-order chi connectivity index (χ1) is 19.5. The number of aromatic hydroxyl groups is 1. The minimum atomic E-state index is -1.18. The molecule has 0 aliphatic carbocycles. The Kier molecular flexibility index (Phi) is 13.8. The molecule has 2 aromatic rings. The molecule has 41 heavy (non-hydrogen) atoms. The normalized spacial score (nSPS) is 14.0. The fourth-order valence-electron chi connectivity index (χ4n) is 4.29. The van der Waals surface area contributed by atoms with Crippen molar-refractivity contribution in [3.63, 3.8) is 0 Å². The van der Waals surface area contributed by atoms with E-state index in [0.29, 0.717) is 24.9 Å². The Morgan fingerprint density at radius 2 is 1.27 bits per heavy atom. The summed E-state index contributed by atoms with van der Waals surface area (Å²) in [4.78, 5) is 51.6. The summed E-state index contributed by atoms with van der Waals surface area (Å²) in [5.74, 6) is -2.94. The number of unbranched alkanes of at least 4 members (excludes halogenated alkanes) is 1. The number of nitrogens with one attached hydrogen (secondary N) is 3. The fraction of sp³-hybridized carbons (Fsp3) is 0.467. The Bertz CT molecular complexity index is 1130. The molecule has 0 saturated heterocycles. The van der Waals surface area contributed by atoms with E-state index >= 15 is 0 Å². The van der Waals surface area contributed by atoms with Crippen LogP contribution in [0.25, 0.3) is 0 Å². The van der Waals surface area contributed by atoms with Gasteiger partial charge in [-0.2, -0.15) is 0 Å². The van der Waals surface area contributed by atoms with Gasteiger partial charge >= 0.3 is 5.97 Å². The number of carbonyl (C=O) groups excluding carboxylic acids is 3. The minimum Gasteiger partial charge on any atom is -0.508 e. The predicted molar refractivity (Wildman–Crippen MR) is 156 cm³/mol. The van der Waals surface area contributed by atoms with E-state index in [1.54, 1.807) is 12.1 Å². The number of carboxylic acids is 1. The van der Waals surface area contributed by atoms with Crippen LogP contribution in [0.1, 0.15) is 50.7 Å². The number of benzene rings is 2. The number of carbonyl (C=O) groups is 4. The first-order valence-corrected chi connectivity index (χ1v) is 13.9. The second kappa shape index (κ2) is 17.0. The number of carboxylic acid groups (broad SMARTS) is 1. The Balaban J connectivity index is 2.29. The molecular formula is C30H43N5O6. The number of hydrogen-bond donors (Lipinski definition) is 7. The molecule has 0 spiro atoms. The Labute approximate surface area is 241 Å². The molecule has 224 valence electrons. The van der Waals surface area contributed by atoms with E-state index in [0.717, 1.165) is 12.0 Å². The van der Waals surface area contributed by atoms with E-state index in [2.05, 4.69) is 16.0 Å². The summed E-state index contributed by atoms with van der Waals surface area (Å²) in [6.45, 7) is 4.17. The molecule has 9 N–H and O–H groups in total. The van der Waals surface area contributed by atoms with E-state index in [1.807, 2.05) is 44.2 Å². The van der Waals surface area contributed by atoms with Gasteiger partial charge in [0.1, 0.15) is 23.9 Å². The largest absolute Gasteiger partial charge is 0.508 e. The zero-order valence-corrected chi connectivity index (χ0v) is 23.7. The van der Waals surface area contributed by atoms with Crippen molar-refractivity contribution in [1.82, 2.24) is 16.0 Å². The van der Waals surface area contributed by atoms with Gasteiger partial charge < -0.3 is 37.6 Å². The Hall–Kier alpha value is -3.96. The van der Waals surface area contributed by atoms with Gasteiger partial charge in [-0.05, 0) is 55.0 Å². The third-order valence-corrected chi connectivity index (χ3v) is 6.55. The van der Waals surface area contributed by atoms with Gasteiger partial charge in [0.05, 0.1) is 6.04 Å². The van der Waals surface area contributed by atoms with Gasteiger partial charge in [-0.15, -0.1) is 0 Å². The van der Waals surface area contributed by atoms with Crippen molar-refractivity contribution in [2.24, 2.45) is 17.4 Å². The quantitative estimate of drug-likeness (QED) is 0.138. The molecule has 0 aromatic heterocycles. The summed E-state index contributed by atoms with van der Waals surface area (Å²) in [5, 5.41) is 27.3. The SMILES string of the molecule is CC(C)CC(NC(=O)C(Cc1ccc(O)cc1)NC(=O)C(Cc1ccccc1)NC(=O)C(N)CCCCN)C(=O)O. The molecule has 11 nitrogen and oxygen atoms in total. The lowest BCUT2D eigenvalue weighted by molar-refractivity contribution is -0.142. The molecule has 0 aliphatic rings. The van der Waals surface area contributed by atoms with Crippen molar-refractivity contribution in [2.75, 3.05) is 6.54 Å². The van der Waals surface area contributed by atoms with Crippen molar-refractivity contribution >= 4 is 23.7 Å². The predicted octanol–water partition coefficient (Wildman–Crippen LogP) is 1.22. The fourth-order valence-corrected chi connectivity index (χ4v) is 4.29. The van der Waals surface area contributed by atoms with Crippen LogP contribution in [0.2, 0.25) is 0 Å². The van der Waals surface area contributed by atoms with Crippen LogP contribution >= 0.6 is 0 Å². The summed E-state index contributed by atoms with van der Waals surface area (Å²) >= 11 is 0. The van der Waals surface area contributed by atoms with Crippen LogP contribution in [0.5, 0.6) is 5.75 Å². The average Bonchev–Trinajstić information content (AvgIpc) is 2.93. The van der Waals surface area contributed by atoms with Gasteiger partial charge in [-0.1, -0.05) is 62.7 Å². The van der Waals surface area contributed by atoms with Crippen molar-refractivity contribution in [2.45, 2.75) is 76.5 Å². The highest BCUT2D eigenvalue weighted by molar-refractivity contribution is 5.94. The standard InChI is InChI=1S/C30H43N5O6/c1-19(2)16-26(30(40)41)35-29(39)25(18-21-11-13-22(36)14-12-21)34-28(38)24(17-20-8-4-3-5-9-20)33-27(37)23(32)10-6-7-15-31/h3-5,8-9,11-14,19,23-26,36H,6-7,10,15-18,31-32H2,1-2H3,(H,33,37)(H,34,38)(H,35,39)(H,40,41). The maximum atomic E-state index is 13.6. The number of nitrogens with two attached hydrogens (primary N) is 2. The van der Waals surface area contributed by atoms with E-state index < -0.39 is 47.9 Å². The highest BCUT2D eigenvalue weighted by Gasteiger charge is 2.31. The van der Waals surface area contributed by atoms with Crippen LogP contribution in [0, 0.1) is 5.92 Å². The van der Waals surface area contributed by atoms with Crippen molar-refractivity contribution < 1.29 is 29.4 Å². The molecule has 0 aliphatic heterocycles. The molecule has 11 heteroatoms. The first kappa shape index (κ1) is 33.2. The Morgan fingerprint density at radius 3 is 1.78 bits per heavy atom. The van der Waals surface area contributed by atoms with Gasteiger partial charge in [0.2, 0.25) is 17.7 Å². The summed E-state index contributed by atoms with van der Waals surface area (Å²) in [5.41, 5.74) is 13.0. The van der Waals surface area contributed by atoms with E-state index in [1.165, 1.54) is 12.1 Å². The number of phenolic OH excluding ortho intramolecular Hbond substituents is 1. The summed E-state index contributed by atoms with van der Waals surface area (Å²) in [6.07, 6.45) is 2.16. The molecule has 0 saturated carbocycles. The lowest BCUT2D eigenvalue weighted by atomic mass is 10.0. The average molecular weight is 570 g/mol. The van der Waals surface area contributed by atoms with Crippen LogP contribution in [-0.4, -0.2) is 64.6 Å². The highest BCUT2D eigenvalue weighted by Crippen LogP contribution is 2.13. The second-order valence-corrected chi connectivity index (χ2v) is 10.6. The molecule has 4 unspecified atom stereocenters. The number of aliphatic carboxylic acids is 1. The highest BCUT2D eigenvalue weighted by atomic mass is 16.4. The zero-order chi connectivity index (χ0) is 30.4. The van der Waals surface area contributed by atoms with Crippen molar-refractivity contribution in [3.05, 3.63) is 65.7 Å². The third-order valence-electron chi connectivity index (χ3n) is 6.55. The van der Waals surface area contributed by atoms with Crippen LogP contribution in [0.4, 0.5) is 0 Å². The summed E-state index contributed by atoms with van der Waals surface area (Å²) in [7, 11) is 0. The number of phenols is 1. The first-order valence-electron chi connectivity index (χ1n) is 13.9. The number of amides is 3. The zero-order valence-electron chi connectivity index (χ0n) is 23.7.